The van der Waals surface area contributed by atoms with Gasteiger partial charge in [0, 0.05) is 75.1 Å². The number of phenolic OH excluding ortho intramolecular Hbond substituents is 1. The first-order chi connectivity index (χ1) is 33.1. The van der Waals surface area contributed by atoms with Gasteiger partial charge in [-0.1, -0.05) is 104 Å². The SMILES string of the molecule is CCCCCCCCCCCCCC(=O)C[C@@H](CCCCN)C(=O)N(C)[C@@H]1C(=O)C[C@@H](C)C(=O)N[C@H](C(=O)C[C@@H](C)C(=O)N(C)[C@H]2CCCC2=O)Cc2ccc(O)c(c2)-c2cc1ccc2OCCO. The van der Waals surface area contributed by atoms with Crippen LogP contribution in [0.4, 0.5) is 0 Å². The number of amides is 3. The van der Waals surface area contributed by atoms with E-state index in [1.807, 2.05) is 0 Å². The van der Waals surface area contributed by atoms with E-state index in [1.165, 1.54) is 67.9 Å². The van der Waals surface area contributed by atoms with E-state index >= 15 is 0 Å². The fourth-order valence-corrected chi connectivity index (χ4v) is 9.93. The molecule has 2 aromatic rings. The normalized spacial score (nSPS) is 19.3. The second kappa shape index (κ2) is 29.3. The number of rotatable bonds is 28. The number of nitrogens with two attached hydrogens (primary N) is 1. The zero-order valence-corrected chi connectivity index (χ0v) is 42.2. The molecule has 0 radical (unpaired) electrons. The summed E-state index contributed by atoms with van der Waals surface area (Å²) in [6, 6.07) is 6.80. The monoisotopic (exact) mass is 959 g/mol. The van der Waals surface area contributed by atoms with E-state index in [-0.39, 0.29) is 79.3 Å². The van der Waals surface area contributed by atoms with Crippen molar-refractivity contribution in [1.82, 2.24) is 15.1 Å². The molecule has 4 rings (SSSR count). The first-order valence-electron chi connectivity index (χ1n) is 25.9. The molecule has 1 aliphatic carbocycles. The minimum absolute atomic E-state index is 0.00475. The lowest BCUT2D eigenvalue weighted by Crippen LogP contribution is -2.47. The predicted molar refractivity (Wildman–Crippen MR) is 267 cm³/mol. The smallest absolute Gasteiger partial charge is 0.226 e. The molecule has 0 aromatic heterocycles. The van der Waals surface area contributed by atoms with Crippen LogP contribution in [0.25, 0.3) is 11.1 Å². The highest BCUT2D eigenvalue weighted by Gasteiger charge is 2.37. The molecule has 1 fully saturated rings. The predicted octanol–water partition coefficient (Wildman–Crippen LogP) is 8.15. The molecular weight excluding hydrogens is 877 g/mol. The third-order valence-corrected chi connectivity index (χ3v) is 14.1. The quantitative estimate of drug-likeness (QED) is 0.0598. The summed E-state index contributed by atoms with van der Waals surface area (Å²) in [5.74, 6) is -4.53. The molecule has 0 spiro atoms. The van der Waals surface area contributed by atoms with Crippen LogP contribution in [-0.4, -0.2) is 107 Å². The molecule has 14 heteroatoms. The lowest BCUT2D eigenvalue weighted by molar-refractivity contribution is -0.144. The zero-order chi connectivity index (χ0) is 50.5. The fraction of sp³-hybridized carbons (Fsp3) is 0.655. The molecular formula is C55H82N4O10. The summed E-state index contributed by atoms with van der Waals surface area (Å²) in [4.78, 5) is 100.0. The van der Waals surface area contributed by atoms with Crippen LogP contribution in [0.3, 0.4) is 0 Å². The van der Waals surface area contributed by atoms with Crippen LogP contribution in [-0.2, 0) is 40.0 Å². The minimum atomic E-state index is -1.22. The Bertz CT molecular complexity index is 2040. The van der Waals surface area contributed by atoms with Crippen molar-refractivity contribution in [3.63, 3.8) is 0 Å². The van der Waals surface area contributed by atoms with Gasteiger partial charge in [-0.2, -0.15) is 0 Å². The van der Waals surface area contributed by atoms with Gasteiger partial charge in [0.05, 0.1) is 18.7 Å². The number of likely N-dealkylation sites (N-methyl/N-ethyl adjacent to an activating group) is 2. The van der Waals surface area contributed by atoms with Gasteiger partial charge in [-0.05, 0) is 80.5 Å². The maximum absolute atomic E-state index is 14.8. The number of unbranched alkanes of at least 4 members (excludes halogenated alkanes) is 11. The molecule has 0 saturated heterocycles. The molecule has 1 aliphatic heterocycles. The molecule has 69 heavy (non-hydrogen) atoms. The number of phenols is 1. The van der Waals surface area contributed by atoms with E-state index in [2.05, 4.69) is 12.2 Å². The summed E-state index contributed by atoms with van der Waals surface area (Å²) >= 11 is 0. The van der Waals surface area contributed by atoms with Crippen LogP contribution in [0.5, 0.6) is 11.5 Å². The van der Waals surface area contributed by atoms with Gasteiger partial charge in [0.15, 0.2) is 17.3 Å². The number of aliphatic hydroxyl groups excluding tert-OH is 1. The third-order valence-electron chi connectivity index (χ3n) is 14.1. The van der Waals surface area contributed by atoms with Crippen molar-refractivity contribution >= 4 is 40.9 Å². The van der Waals surface area contributed by atoms with Gasteiger partial charge in [-0.3, -0.25) is 33.6 Å². The van der Waals surface area contributed by atoms with E-state index in [0.717, 1.165) is 25.7 Å². The van der Waals surface area contributed by atoms with E-state index in [0.29, 0.717) is 68.2 Å². The summed E-state index contributed by atoms with van der Waals surface area (Å²) in [5, 5.41) is 24.0. The number of hydrogen-bond acceptors (Lipinski definition) is 11. The molecule has 382 valence electrons. The van der Waals surface area contributed by atoms with Crippen molar-refractivity contribution in [1.29, 1.82) is 0 Å². The number of ether oxygens (including phenoxy) is 1. The number of aliphatic hydroxyl groups is 1. The number of carbonyl (C=O) groups is 7. The summed E-state index contributed by atoms with van der Waals surface area (Å²) in [7, 11) is 3.11. The Balaban J connectivity index is 1.62. The fourth-order valence-electron chi connectivity index (χ4n) is 9.93. The molecule has 2 aromatic carbocycles. The van der Waals surface area contributed by atoms with Gasteiger partial charge in [0.2, 0.25) is 17.7 Å². The number of nitrogens with one attached hydrogen (secondary N) is 1. The average molecular weight is 959 g/mol. The molecule has 5 N–H and O–H groups in total. The number of benzene rings is 2. The summed E-state index contributed by atoms with van der Waals surface area (Å²) in [6.07, 6.45) is 16.0. The average Bonchev–Trinajstić information content (AvgIpc) is 3.77. The van der Waals surface area contributed by atoms with Crippen LogP contribution >= 0.6 is 0 Å². The molecule has 4 bridgehead atoms. The van der Waals surface area contributed by atoms with Gasteiger partial charge in [-0.25, -0.2) is 0 Å². The van der Waals surface area contributed by atoms with Crippen LogP contribution in [0.15, 0.2) is 36.4 Å². The largest absolute Gasteiger partial charge is 0.507 e. The van der Waals surface area contributed by atoms with Crippen LogP contribution in [0.2, 0.25) is 0 Å². The van der Waals surface area contributed by atoms with Crippen LogP contribution in [0.1, 0.15) is 173 Å². The Morgan fingerprint density at radius 3 is 2.13 bits per heavy atom. The molecule has 6 atom stereocenters. The van der Waals surface area contributed by atoms with E-state index in [9.17, 15) is 43.8 Å². The van der Waals surface area contributed by atoms with Crippen molar-refractivity contribution in [2.75, 3.05) is 33.9 Å². The third kappa shape index (κ3) is 17.2. The first-order valence-corrected chi connectivity index (χ1v) is 25.9. The number of aromatic hydroxyl groups is 1. The number of hydrogen-bond donors (Lipinski definition) is 4. The van der Waals surface area contributed by atoms with Crippen molar-refractivity contribution < 1.29 is 48.5 Å². The Morgan fingerprint density at radius 2 is 1.49 bits per heavy atom. The molecule has 2 aliphatic rings. The van der Waals surface area contributed by atoms with E-state index in [1.54, 1.807) is 51.2 Å². The topological polar surface area (TPSA) is 214 Å². The summed E-state index contributed by atoms with van der Waals surface area (Å²) in [5.41, 5.74) is 7.45. The van der Waals surface area contributed by atoms with Crippen molar-refractivity contribution in [3.8, 4) is 22.6 Å². The standard InChI is InChI=1S/C55H82N4O10/c1-6-7-8-9-10-11-12-13-14-15-16-21-42(61)35-41(20-17-18-28-56)55(68)59(5)52-40-25-27-51(69-30-29-60)44(36-40)43-33-39(24-26-47(43)62)34-45(57-53(66)37(2)31-50(52)65)49(64)32-38(3)54(67)58(4)46-22-19-23-48(46)63/h24-27,33,36-38,41,45-46,52,60,62H,6-23,28-32,34-35,56H2,1-5H3,(H,57,66)/t37-,38-,41-,45+,46+,52+/m1/s1. The maximum atomic E-state index is 14.8. The number of carbonyl (C=O) groups excluding carboxylic acids is 7. The maximum Gasteiger partial charge on any atom is 0.226 e. The van der Waals surface area contributed by atoms with Crippen LogP contribution in [0, 0.1) is 17.8 Å². The Hall–Kier alpha value is -4.95. The second-order valence-electron chi connectivity index (χ2n) is 19.8. The van der Waals surface area contributed by atoms with Crippen molar-refractivity contribution in [2.45, 2.75) is 180 Å². The van der Waals surface area contributed by atoms with Crippen LogP contribution < -0.4 is 15.8 Å². The lowest BCUT2D eigenvalue weighted by Gasteiger charge is -2.32. The molecule has 1 saturated carbocycles. The zero-order valence-electron chi connectivity index (χ0n) is 42.2. The highest BCUT2D eigenvalue weighted by Crippen LogP contribution is 2.40. The van der Waals surface area contributed by atoms with E-state index < -0.39 is 53.4 Å². The lowest BCUT2D eigenvalue weighted by atomic mass is 9.87. The first kappa shape index (κ1) is 56.6. The Morgan fingerprint density at radius 1 is 0.812 bits per heavy atom. The summed E-state index contributed by atoms with van der Waals surface area (Å²) in [6.45, 7) is 5.47. The second-order valence-corrected chi connectivity index (χ2v) is 19.8. The summed E-state index contributed by atoms with van der Waals surface area (Å²) < 4.78 is 5.95. The molecule has 1 heterocycles. The van der Waals surface area contributed by atoms with Gasteiger partial charge < -0.3 is 35.8 Å². The number of Topliss-reactive ketones (excluding diaryl/α,β-unsaturated/α-hetero) is 4. The van der Waals surface area contributed by atoms with Gasteiger partial charge in [0.1, 0.15) is 29.9 Å². The molecule has 3 amide bonds. The highest BCUT2D eigenvalue weighted by molar-refractivity contribution is 5.97. The van der Waals surface area contributed by atoms with Gasteiger partial charge >= 0.3 is 0 Å². The number of fused-ring (bicyclic) bond motifs is 5. The Labute approximate surface area is 410 Å². The number of nitrogens with zero attached hydrogens (tertiary/aromatic N) is 2. The van der Waals surface area contributed by atoms with Crippen molar-refractivity contribution in [3.05, 3.63) is 47.5 Å². The van der Waals surface area contributed by atoms with Crippen molar-refractivity contribution in [2.24, 2.45) is 23.5 Å². The Kier molecular flexibility index (Phi) is 24.0. The highest BCUT2D eigenvalue weighted by atomic mass is 16.5. The minimum Gasteiger partial charge on any atom is -0.507 e. The number of ketones is 4. The van der Waals surface area contributed by atoms with Gasteiger partial charge in [0.25, 0.3) is 0 Å². The van der Waals surface area contributed by atoms with Gasteiger partial charge in [-0.15, -0.1) is 0 Å². The van der Waals surface area contributed by atoms with E-state index in [4.69, 9.17) is 10.5 Å². The molecule has 0 unspecified atom stereocenters. The molecule has 14 nitrogen and oxygen atoms in total.